The average Bonchev–Trinajstić information content (AvgIpc) is 2.98. The van der Waals surface area contributed by atoms with Crippen LogP contribution in [0.2, 0.25) is 0 Å². The highest BCUT2D eigenvalue weighted by atomic mass is 32.1. The summed E-state index contributed by atoms with van der Waals surface area (Å²) in [4.78, 5) is 7.87. The standard InChI is InChI=1S/C18H18N2S/c1-13-4-6-15(7-5-13)18-19-12-17(21-18)14-8-10-16(11-9-14)20(2)3/h4-12H,1-3H3. The molecule has 0 aliphatic carbocycles. The van der Waals surface area contributed by atoms with E-state index in [1.807, 2.05) is 6.20 Å². The van der Waals surface area contributed by atoms with E-state index >= 15 is 0 Å². The number of thiazole rings is 1. The van der Waals surface area contributed by atoms with Gasteiger partial charge in [-0.05, 0) is 24.6 Å². The summed E-state index contributed by atoms with van der Waals surface area (Å²) in [5.74, 6) is 0. The molecule has 3 aromatic rings. The van der Waals surface area contributed by atoms with E-state index in [1.165, 1.54) is 27.3 Å². The van der Waals surface area contributed by atoms with Gasteiger partial charge >= 0.3 is 0 Å². The first kappa shape index (κ1) is 13.8. The third-order valence-corrected chi connectivity index (χ3v) is 4.57. The average molecular weight is 294 g/mol. The van der Waals surface area contributed by atoms with Crippen molar-refractivity contribution >= 4 is 17.0 Å². The molecule has 0 bridgehead atoms. The summed E-state index contributed by atoms with van der Waals surface area (Å²) in [5.41, 5.74) is 4.88. The van der Waals surface area contributed by atoms with E-state index < -0.39 is 0 Å². The van der Waals surface area contributed by atoms with Gasteiger partial charge < -0.3 is 4.90 Å². The van der Waals surface area contributed by atoms with Crippen LogP contribution in [0.15, 0.2) is 54.7 Å². The lowest BCUT2D eigenvalue weighted by molar-refractivity contribution is 1.13. The number of rotatable bonds is 3. The van der Waals surface area contributed by atoms with Gasteiger partial charge in [-0.25, -0.2) is 4.98 Å². The number of nitrogens with zero attached hydrogens (tertiary/aromatic N) is 2. The highest BCUT2D eigenvalue weighted by Crippen LogP contribution is 2.32. The van der Waals surface area contributed by atoms with E-state index in [0.29, 0.717) is 0 Å². The second-order valence-corrected chi connectivity index (χ2v) is 6.37. The van der Waals surface area contributed by atoms with Crippen LogP contribution in [-0.4, -0.2) is 19.1 Å². The Morgan fingerprint density at radius 3 is 2.10 bits per heavy atom. The molecule has 2 nitrogen and oxygen atoms in total. The fraction of sp³-hybridized carbons (Fsp3) is 0.167. The Labute approximate surface area is 129 Å². The molecule has 0 atom stereocenters. The van der Waals surface area contributed by atoms with Crippen LogP contribution < -0.4 is 4.90 Å². The molecule has 0 saturated carbocycles. The molecule has 0 radical (unpaired) electrons. The fourth-order valence-corrected chi connectivity index (χ4v) is 3.09. The minimum absolute atomic E-state index is 1.07. The van der Waals surface area contributed by atoms with Crippen molar-refractivity contribution < 1.29 is 0 Å². The first-order chi connectivity index (χ1) is 10.1. The van der Waals surface area contributed by atoms with Crippen LogP contribution in [0.4, 0.5) is 5.69 Å². The van der Waals surface area contributed by atoms with E-state index in [4.69, 9.17) is 0 Å². The quantitative estimate of drug-likeness (QED) is 0.686. The molecule has 0 aliphatic heterocycles. The van der Waals surface area contributed by atoms with E-state index in [1.54, 1.807) is 11.3 Å². The molecule has 106 valence electrons. The largest absolute Gasteiger partial charge is 0.378 e. The zero-order valence-electron chi connectivity index (χ0n) is 12.5. The van der Waals surface area contributed by atoms with Crippen molar-refractivity contribution in [2.75, 3.05) is 19.0 Å². The predicted molar refractivity (Wildman–Crippen MR) is 92.1 cm³/mol. The normalized spacial score (nSPS) is 10.6. The highest BCUT2D eigenvalue weighted by molar-refractivity contribution is 7.18. The van der Waals surface area contributed by atoms with Gasteiger partial charge in [-0.15, -0.1) is 11.3 Å². The number of aryl methyl sites for hydroxylation is 1. The van der Waals surface area contributed by atoms with Gasteiger partial charge in [-0.1, -0.05) is 42.0 Å². The summed E-state index contributed by atoms with van der Waals surface area (Å²) in [7, 11) is 4.11. The second-order valence-electron chi connectivity index (χ2n) is 5.34. The molecular formula is C18H18N2S. The Balaban J connectivity index is 1.89. The van der Waals surface area contributed by atoms with Crippen molar-refractivity contribution in [1.29, 1.82) is 0 Å². The smallest absolute Gasteiger partial charge is 0.123 e. The number of aromatic nitrogens is 1. The number of hydrogen-bond acceptors (Lipinski definition) is 3. The topological polar surface area (TPSA) is 16.1 Å². The molecule has 21 heavy (non-hydrogen) atoms. The van der Waals surface area contributed by atoms with Crippen molar-refractivity contribution in [2.45, 2.75) is 6.92 Å². The van der Waals surface area contributed by atoms with Crippen molar-refractivity contribution in [3.63, 3.8) is 0 Å². The van der Waals surface area contributed by atoms with E-state index in [-0.39, 0.29) is 0 Å². The highest BCUT2D eigenvalue weighted by Gasteiger charge is 2.07. The SMILES string of the molecule is Cc1ccc(-c2ncc(-c3ccc(N(C)C)cc3)s2)cc1. The second kappa shape index (κ2) is 5.70. The van der Waals surface area contributed by atoms with Gasteiger partial charge in [0.1, 0.15) is 5.01 Å². The Bertz CT molecular complexity index is 725. The number of benzene rings is 2. The molecule has 0 amide bonds. The van der Waals surface area contributed by atoms with Gasteiger partial charge in [0, 0.05) is 31.5 Å². The minimum atomic E-state index is 1.07. The van der Waals surface area contributed by atoms with Crippen LogP contribution in [0.25, 0.3) is 21.0 Å². The Kier molecular flexibility index (Phi) is 3.76. The van der Waals surface area contributed by atoms with Gasteiger partial charge in [-0.3, -0.25) is 0 Å². The molecule has 0 spiro atoms. The molecule has 3 rings (SSSR count). The molecule has 0 saturated heterocycles. The van der Waals surface area contributed by atoms with Gasteiger partial charge in [0.05, 0.1) is 4.88 Å². The van der Waals surface area contributed by atoms with Crippen molar-refractivity contribution in [3.8, 4) is 21.0 Å². The van der Waals surface area contributed by atoms with Crippen LogP contribution in [-0.2, 0) is 0 Å². The minimum Gasteiger partial charge on any atom is -0.378 e. The lowest BCUT2D eigenvalue weighted by atomic mass is 10.2. The molecule has 3 heteroatoms. The molecule has 0 unspecified atom stereocenters. The summed E-state index contributed by atoms with van der Waals surface area (Å²) < 4.78 is 0. The molecule has 1 heterocycles. The Hall–Kier alpha value is -2.13. The third kappa shape index (κ3) is 2.98. The van der Waals surface area contributed by atoms with Crippen LogP contribution >= 0.6 is 11.3 Å². The summed E-state index contributed by atoms with van der Waals surface area (Å²) >= 11 is 1.73. The van der Waals surface area contributed by atoms with E-state index in [0.717, 1.165) is 5.01 Å². The monoisotopic (exact) mass is 294 g/mol. The summed E-state index contributed by atoms with van der Waals surface area (Å²) in [6.45, 7) is 2.10. The van der Waals surface area contributed by atoms with Crippen LogP contribution in [0.5, 0.6) is 0 Å². The predicted octanol–water partition coefficient (Wildman–Crippen LogP) is 4.85. The zero-order chi connectivity index (χ0) is 14.8. The third-order valence-electron chi connectivity index (χ3n) is 3.47. The van der Waals surface area contributed by atoms with Crippen molar-refractivity contribution in [1.82, 2.24) is 4.98 Å². The van der Waals surface area contributed by atoms with Crippen LogP contribution in [0, 0.1) is 6.92 Å². The maximum atomic E-state index is 4.56. The van der Waals surface area contributed by atoms with Crippen LogP contribution in [0.3, 0.4) is 0 Å². The summed E-state index contributed by atoms with van der Waals surface area (Å²) in [6, 6.07) is 17.1. The fourth-order valence-electron chi connectivity index (χ4n) is 2.16. The van der Waals surface area contributed by atoms with Crippen molar-refractivity contribution in [2.24, 2.45) is 0 Å². The molecule has 1 aromatic heterocycles. The molecule has 0 aliphatic rings. The Morgan fingerprint density at radius 1 is 0.857 bits per heavy atom. The lowest BCUT2D eigenvalue weighted by Gasteiger charge is -2.12. The first-order valence-electron chi connectivity index (χ1n) is 6.94. The van der Waals surface area contributed by atoms with Crippen LogP contribution in [0.1, 0.15) is 5.56 Å². The van der Waals surface area contributed by atoms with Gasteiger partial charge in [0.15, 0.2) is 0 Å². The van der Waals surface area contributed by atoms with Crippen molar-refractivity contribution in [3.05, 3.63) is 60.3 Å². The molecule has 0 N–H and O–H groups in total. The number of hydrogen-bond donors (Lipinski definition) is 0. The molecule has 2 aromatic carbocycles. The summed E-state index contributed by atoms with van der Waals surface area (Å²) in [5, 5.41) is 1.07. The molecular weight excluding hydrogens is 276 g/mol. The van der Waals surface area contributed by atoms with Gasteiger partial charge in [-0.2, -0.15) is 0 Å². The van der Waals surface area contributed by atoms with Gasteiger partial charge in [0.2, 0.25) is 0 Å². The lowest BCUT2D eigenvalue weighted by Crippen LogP contribution is -2.07. The number of anilines is 1. The maximum Gasteiger partial charge on any atom is 0.123 e. The maximum absolute atomic E-state index is 4.56. The van der Waals surface area contributed by atoms with Gasteiger partial charge in [0.25, 0.3) is 0 Å². The zero-order valence-corrected chi connectivity index (χ0v) is 13.3. The summed E-state index contributed by atoms with van der Waals surface area (Å²) in [6.07, 6.45) is 1.96. The Morgan fingerprint density at radius 2 is 1.48 bits per heavy atom. The first-order valence-corrected chi connectivity index (χ1v) is 7.76. The molecule has 0 fully saturated rings. The van der Waals surface area contributed by atoms with E-state index in [2.05, 4.69) is 79.4 Å². The van der Waals surface area contributed by atoms with E-state index in [9.17, 15) is 0 Å².